The van der Waals surface area contributed by atoms with Crippen molar-refractivity contribution >= 4 is 17.2 Å². The Balaban J connectivity index is 1.52. The molecule has 0 amide bonds. The molecule has 1 aromatic carbocycles. The monoisotopic (exact) mass is 269 g/mol. The molecule has 0 radical (unpaired) electrons. The van der Waals surface area contributed by atoms with Gasteiger partial charge in [0, 0.05) is 24.0 Å². The van der Waals surface area contributed by atoms with E-state index in [2.05, 4.69) is 15.4 Å². The third-order valence-electron chi connectivity index (χ3n) is 2.79. The summed E-state index contributed by atoms with van der Waals surface area (Å²) in [6, 6.07) is 11.1. The van der Waals surface area contributed by atoms with Crippen LogP contribution in [0.25, 0.3) is 5.65 Å². The highest BCUT2D eigenvalue weighted by atomic mass is 16.5. The van der Waals surface area contributed by atoms with Crippen LogP contribution in [0.4, 0.5) is 11.5 Å². The van der Waals surface area contributed by atoms with Gasteiger partial charge in [-0.15, -0.1) is 0 Å². The van der Waals surface area contributed by atoms with Crippen LogP contribution in [0.15, 0.2) is 48.8 Å². The van der Waals surface area contributed by atoms with Crippen molar-refractivity contribution in [1.82, 2.24) is 14.6 Å². The number of nitrogen functional groups attached to an aromatic ring is 1. The van der Waals surface area contributed by atoms with Crippen LogP contribution >= 0.6 is 0 Å². The summed E-state index contributed by atoms with van der Waals surface area (Å²) >= 11 is 0. The van der Waals surface area contributed by atoms with E-state index < -0.39 is 0 Å². The smallest absolute Gasteiger partial charge is 0.157 e. The number of nitrogens with zero attached hydrogens (tertiary/aromatic N) is 3. The van der Waals surface area contributed by atoms with Gasteiger partial charge in [-0.2, -0.15) is 5.10 Å². The van der Waals surface area contributed by atoms with Crippen LogP contribution in [0, 0.1) is 0 Å². The van der Waals surface area contributed by atoms with Crippen LogP contribution in [-0.4, -0.2) is 27.7 Å². The molecule has 20 heavy (non-hydrogen) atoms. The summed E-state index contributed by atoms with van der Waals surface area (Å²) < 4.78 is 7.31. The zero-order valence-electron chi connectivity index (χ0n) is 10.9. The lowest BCUT2D eigenvalue weighted by Gasteiger charge is -2.08. The quantitative estimate of drug-likeness (QED) is 0.545. The number of hydrogen-bond donors (Lipinski definition) is 2. The maximum atomic E-state index is 5.68. The summed E-state index contributed by atoms with van der Waals surface area (Å²) in [7, 11) is 0. The van der Waals surface area contributed by atoms with Crippen molar-refractivity contribution < 1.29 is 4.74 Å². The highest BCUT2D eigenvalue weighted by molar-refractivity contribution is 5.45. The van der Waals surface area contributed by atoms with Crippen molar-refractivity contribution in [2.75, 3.05) is 24.2 Å². The lowest BCUT2D eigenvalue weighted by molar-refractivity contribution is 0.333. The maximum absolute atomic E-state index is 5.68. The SMILES string of the molecule is Nc1cccc(OCCNc2ccn3nccc3n2)c1. The fourth-order valence-corrected chi connectivity index (χ4v) is 1.86. The minimum atomic E-state index is 0.537. The zero-order valence-corrected chi connectivity index (χ0v) is 10.9. The molecule has 3 aromatic rings. The molecule has 0 fully saturated rings. The van der Waals surface area contributed by atoms with E-state index in [1.807, 2.05) is 36.5 Å². The lowest BCUT2D eigenvalue weighted by atomic mass is 10.3. The molecule has 0 aliphatic rings. The number of anilines is 2. The van der Waals surface area contributed by atoms with Gasteiger partial charge in [-0.3, -0.25) is 0 Å². The van der Waals surface area contributed by atoms with Gasteiger partial charge in [0.15, 0.2) is 5.65 Å². The van der Waals surface area contributed by atoms with Crippen LogP contribution in [0.3, 0.4) is 0 Å². The topological polar surface area (TPSA) is 77.5 Å². The van der Waals surface area contributed by atoms with Crippen LogP contribution in [0.1, 0.15) is 0 Å². The normalized spacial score (nSPS) is 10.6. The number of ether oxygens (including phenoxy) is 1. The van der Waals surface area contributed by atoms with E-state index in [-0.39, 0.29) is 0 Å². The van der Waals surface area contributed by atoms with E-state index in [0.717, 1.165) is 17.2 Å². The highest BCUT2D eigenvalue weighted by Crippen LogP contribution is 2.14. The minimum Gasteiger partial charge on any atom is -0.492 e. The Morgan fingerprint density at radius 2 is 2.20 bits per heavy atom. The van der Waals surface area contributed by atoms with Gasteiger partial charge < -0.3 is 15.8 Å². The van der Waals surface area contributed by atoms with E-state index >= 15 is 0 Å². The molecule has 102 valence electrons. The minimum absolute atomic E-state index is 0.537. The molecule has 0 aliphatic carbocycles. The van der Waals surface area contributed by atoms with Gasteiger partial charge in [-0.1, -0.05) is 6.07 Å². The molecule has 0 saturated heterocycles. The second-order valence-electron chi connectivity index (χ2n) is 4.29. The highest BCUT2D eigenvalue weighted by Gasteiger charge is 1.98. The van der Waals surface area contributed by atoms with Crippen molar-refractivity contribution in [1.29, 1.82) is 0 Å². The van der Waals surface area contributed by atoms with Crippen molar-refractivity contribution in [3.05, 3.63) is 48.8 Å². The Morgan fingerprint density at radius 3 is 3.10 bits per heavy atom. The first kappa shape index (κ1) is 12.3. The Morgan fingerprint density at radius 1 is 1.25 bits per heavy atom. The van der Waals surface area contributed by atoms with Gasteiger partial charge in [-0.05, 0) is 18.2 Å². The molecule has 2 heterocycles. The summed E-state index contributed by atoms with van der Waals surface area (Å²) in [5.41, 5.74) is 7.19. The fraction of sp³-hybridized carbons (Fsp3) is 0.143. The van der Waals surface area contributed by atoms with E-state index in [4.69, 9.17) is 10.5 Å². The summed E-state index contributed by atoms with van der Waals surface area (Å²) in [6.07, 6.45) is 3.58. The first-order valence-corrected chi connectivity index (χ1v) is 6.34. The third-order valence-corrected chi connectivity index (χ3v) is 2.79. The number of aromatic nitrogens is 3. The predicted octanol–water partition coefficient (Wildman–Crippen LogP) is 1.80. The van der Waals surface area contributed by atoms with Gasteiger partial charge in [0.05, 0.1) is 12.7 Å². The molecule has 2 aromatic heterocycles. The van der Waals surface area contributed by atoms with Gasteiger partial charge in [0.25, 0.3) is 0 Å². The largest absolute Gasteiger partial charge is 0.492 e. The van der Waals surface area contributed by atoms with Gasteiger partial charge in [0.1, 0.15) is 18.2 Å². The van der Waals surface area contributed by atoms with Crippen molar-refractivity contribution in [3.63, 3.8) is 0 Å². The zero-order chi connectivity index (χ0) is 13.8. The summed E-state index contributed by atoms with van der Waals surface area (Å²) in [5.74, 6) is 1.57. The Bertz CT molecular complexity index is 709. The maximum Gasteiger partial charge on any atom is 0.157 e. The average Bonchev–Trinajstić information content (AvgIpc) is 2.91. The van der Waals surface area contributed by atoms with Gasteiger partial charge in [-0.25, -0.2) is 9.50 Å². The predicted molar refractivity (Wildman–Crippen MR) is 77.8 cm³/mol. The molecule has 0 unspecified atom stereocenters. The molecule has 0 saturated carbocycles. The second kappa shape index (κ2) is 5.48. The summed E-state index contributed by atoms with van der Waals surface area (Å²) in [4.78, 5) is 4.41. The molecular weight excluding hydrogens is 254 g/mol. The fourth-order valence-electron chi connectivity index (χ4n) is 1.86. The van der Waals surface area contributed by atoms with E-state index in [9.17, 15) is 0 Å². The number of benzene rings is 1. The van der Waals surface area contributed by atoms with Crippen LogP contribution in [-0.2, 0) is 0 Å². The second-order valence-corrected chi connectivity index (χ2v) is 4.29. The van der Waals surface area contributed by atoms with E-state index in [0.29, 0.717) is 18.8 Å². The Hall–Kier alpha value is -2.76. The van der Waals surface area contributed by atoms with Crippen LogP contribution in [0.5, 0.6) is 5.75 Å². The first-order chi connectivity index (χ1) is 9.81. The number of fused-ring (bicyclic) bond motifs is 1. The molecule has 0 atom stereocenters. The van der Waals surface area contributed by atoms with Gasteiger partial charge >= 0.3 is 0 Å². The number of hydrogen-bond acceptors (Lipinski definition) is 5. The molecule has 6 nitrogen and oxygen atoms in total. The summed E-state index contributed by atoms with van der Waals surface area (Å²) in [5, 5.41) is 7.30. The molecular formula is C14H15N5O. The number of rotatable bonds is 5. The average molecular weight is 269 g/mol. The van der Waals surface area contributed by atoms with Crippen molar-refractivity contribution in [2.45, 2.75) is 0 Å². The molecule has 3 N–H and O–H groups in total. The molecule has 6 heteroatoms. The van der Waals surface area contributed by atoms with Crippen molar-refractivity contribution in [3.8, 4) is 5.75 Å². The number of nitrogens with one attached hydrogen (secondary N) is 1. The third kappa shape index (κ3) is 2.80. The Labute approximate surface area is 116 Å². The van der Waals surface area contributed by atoms with Gasteiger partial charge in [0.2, 0.25) is 0 Å². The molecule has 0 spiro atoms. The van der Waals surface area contributed by atoms with E-state index in [1.54, 1.807) is 16.8 Å². The molecule has 0 bridgehead atoms. The lowest BCUT2D eigenvalue weighted by Crippen LogP contribution is -2.12. The van der Waals surface area contributed by atoms with Crippen molar-refractivity contribution in [2.24, 2.45) is 0 Å². The molecule has 3 rings (SSSR count). The summed E-state index contributed by atoms with van der Waals surface area (Å²) in [6.45, 7) is 1.20. The van der Waals surface area contributed by atoms with E-state index in [1.165, 1.54) is 0 Å². The number of nitrogens with two attached hydrogens (primary N) is 1. The molecule has 0 aliphatic heterocycles. The van der Waals surface area contributed by atoms with Crippen LogP contribution in [0.2, 0.25) is 0 Å². The first-order valence-electron chi connectivity index (χ1n) is 6.34. The Kier molecular flexibility index (Phi) is 3.36. The standard InChI is InChI=1S/C14H15N5O/c15-11-2-1-3-12(10-11)20-9-7-16-13-5-8-19-14(18-13)4-6-17-19/h1-6,8,10H,7,9,15H2,(H,16,18). The van der Waals surface area contributed by atoms with Crippen LogP contribution < -0.4 is 15.8 Å².